The number of carbonyl (C=O) groups is 2. The summed E-state index contributed by atoms with van der Waals surface area (Å²) in [6.07, 6.45) is -0.111. The number of hydrogen-bond donors (Lipinski definition) is 2. The Kier molecular flexibility index (Phi) is 8.81. The monoisotopic (exact) mass is 547 g/mol. The molecule has 0 spiro atoms. The average molecular weight is 548 g/mol. The molecule has 0 bridgehead atoms. The number of hydrogen-bond acceptors (Lipinski definition) is 5. The van der Waals surface area contributed by atoms with Crippen LogP contribution in [-0.2, 0) is 11.3 Å². The van der Waals surface area contributed by atoms with E-state index in [9.17, 15) is 9.59 Å². The minimum Gasteiger partial charge on any atom is -0.481 e. The van der Waals surface area contributed by atoms with Gasteiger partial charge in [0.05, 0.1) is 18.7 Å². The summed E-state index contributed by atoms with van der Waals surface area (Å²) in [7, 11) is 0. The smallest absolute Gasteiger partial charge is 0.305 e. The number of thiazole rings is 1. The summed E-state index contributed by atoms with van der Waals surface area (Å²) < 4.78 is 0. The van der Waals surface area contributed by atoms with Crippen LogP contribution in [0.5, 0.6) is 0 Å². The topological polar surface area (TPSA) is 82.5 Å². The predicted molar refractivity (Wildman–Crippen MR) is 155 cm³/mol. The summed E-state index contributed by atoms with van der Waals surface area (Å²) in [5.74, 6) is -0.802. The van der Waals surface area contributed by atoms with Gasteiger partial charge >= 0.3 is 5.97 Å². The molecule has 0 aliphatic carbocycles. The number of carboxylic acid groups (broad SMARTS) is 1. The minimum absolute atomic E-state index is 0.0927. The number of nitrogens with zero attached hydrogens (tertiary/aromatic N) is 2. The maximum atomic E-state index is 12.4. The Morgan fingerprint density at radius 3 is 2.39 bits per heavy atom. The van der Waals surface area contributed by atoms with Crippen LogP contribution in [0.4, 0.5) is 10.8 Å². The fraction of sp³-hybridized carbons (Fsp3) is 0.233. The van der Waals surface area contributed by atoms with Crippen molar-refractivity contribution in [1.29, 1.82) is 0 Å². The lowest BCUT2D eigenvalue weighted by Gasteiger charge is -2.24. The zero-order valence-electron chi connectivity index (χ0n) is 21.6. The quantitative estimate of drug-likeness (QED) is 0.215. The average Bonchev–Trinajstić information content (AvgIpc) is 3.37. The Hall–Kier alpha value is -3.68. The van der Waals surface area contributed by atoms with Crippen LogP contribution in [0.15, 0.2) is 72.1 Å². The number of carbonyl (C=O) groups excluding carboxylic acids is 1. The Bertz CT molecular complexity index is 1420. The third kappa shape index (κ3) is 6.79. The highest BCUT2D eigenvalue weighted by Crippen LogP contribution is 2.35. The lowest BCUT2D eigenvalue weighted by molar-refractivity contribution is -0.136. The van der Waals surface area contributed by atoms with E-state index in [1.165, 1.54) is 11.1 Å². The van der Waals surface area contributed by atoms with E-state index in [1.54, 1.807) is 23.5 Å². The maximum Gasteiger partial charge on any atom is 0.305 e. The summed E-state index contributed by atoms with van der Waals surface area (Å²) in [5.41, 5.74) is 6.97. The number of halogens is 1. The number of anilines is 2. The van der Waals surface area contributed by atoms with Crippen molar-refractivity contribution < 1.29 is 14.7 Å². The highest BCUT2D eigenvalue weighted by molar-refractivity contribution is 7.14. The molecule has 196 valence electrons. The first-order valence-electron chi connectivity index (χ1n) is 12.4. The van der Waals surface area contributed by atoms with Crippen LogP contribution in [-0.4, -0.2) is 28.5 Å². The Morgan fingerprint density at radius 1 is 1.05 bits per heavy atom. The van der Waals surface area contributed by atoms with Gasteiger partial charge < -0.3 is 15.3 Å². The van der Waals surface area contributed by atoms with Gasteiger partial charge in [-0.3, -0.25) is 9.59 Å². The van der Waals surface area contributed by atoms with E-state index in [0.29, 0.717) is 23.0 Å². The second-order valence-corrected chi connectivity index (χ2v) is 10.7. The summed E-state index contributed by atoms with van der Waals surface area (Å²) >= 11 is 7.64. The molecule has 0 unspecified atom stereocenters. The highest BCUT2D eigenvalue weighted by Gasteiger charge is 2.17. The van der Waals surface area contributed by atoms with Gasteiger partial charge in [-0.1, -0.05) is 55.8 Å². The van der Waals surface area contributed by atoms with Crippen LogP contribution in [0.3, 0.4) is 0 Å². The molecule has 6 nitrogen and oxygen atoms in total. The van der Waals surface area contributed by atoms with Crippen LogP contribution in [0.2, 0.25) is 5.02 Å². The van der Waals surface area contributed by atoms with Crippen molar-refractivity contribution in [2.75, 3.05) is 11.4 Å². The van der Waals surface area contributed by atoms with Crippen molar-refractivity contribution in [3.63, 3.8) is 0 Å². The van der Waals surface area contributed by atoms with Gasteiger partial charge in [0, 0.05) is 33.8 Å². The van der Waals surface area contributed by atoms with Crippen molar-refractivity contribution in [2.24, 2.45) is 0 Å². The molecule has 3 aromatic carbocycles. The van der Waals surface area contributed by atoms with E-state index in [4.69, 9.17) is 21.7 Å². The zero-order valence-corrected chi connectivity index (χ0v) is 23.1. The molecule has 2 N–H and O–H groups in total. The van der Waals surface area contributed by atoms with Gasteiger partial charge in [-0.05, 0) is 65.9 Å². The van der Waals surface area contributed by atoms with Crippen LogP contribution in [0.1, 0.15) is 53.2 Å². The zero-order chi connectivity index (χ0) is 27.2. The SMILES string of the molecule is Cc1cc(N(Cc2ccc(C(=O)NCCC(=O)O)cc2)c2nc(-c3ccc(Cl)cc3)cs2)ccc1C(C)C. The first-order chi connectivity index (χ1) is 18.2. The minimum atomic E-state index is -0.946. The second-order valence-electron chi connectivity index (χ2n) is 9.40. The van der Waals surface area contributed by atoms with E-state index in [2.05, 4.69) is 49.2 Å². The lowest BCUT2D eigenvalue weighted by atomic mass is 9.97. The molecule has 0 atom stereocenters. The Morgan fingerprint density at radius 2 is 1.76 bits per heavy atom. The van der Waals surface area contributed by atoms with Crippen LogP contribution < -0.4 is 10.2 Å². The van der Waals surface area contributed by atoms with Gasteiger partial charge in [0.15, 0.2) is 5.13 Å². The summed E-state index contributed by atoms with van der Waals surface area (Å²) in [6.45, 7) is 7.18. The van der Waals surface area contributed by atoms with Crippen molar-refractivity contribution >= 4 is 45.6 Å². The van der Waals surface area contributed by atoms with Crippen molar-refractivity contribution in [3.05, 3.63) is 99.4 Å². The molecule has 1 heterocycles. The third-order valence-corrected chi connectivity index (χ3v) is 7.35. The standard InChI is InChI=1S/C30H30ClN3O3S/c1-19(2)26-13-12-25(16-20(26)3)34(30-33-27(18-38-30)22-8-10-24(31)11-9-22)17-21-4-6-23(7-5-21)29(37)32-15-14-28(35)36/h4-13,16,18-19H,14-15,17H2,1-3H3,(H,32,37)(H,35,36). The number of rotatable bonds is 10. The fourth-order valence-electron chi connectivity index (χ4n) is 4.22. The van der Waals surface area contributed by atoms with Crippen molar-refractivity contribution in [3.8, 4) is 11.3 Å². The van der Waals surface area contributed by atoms with Crippen molar-refractivity contribution in [1.82, 2.24) is 10.3 Å². The Balaban J connectivity index is 1.61. The van der Waals surface area contributed by atoms with Crippen LogP contribution in [0.25, 0.3) is 11.3 Å². The van der Waals surface area contributed by atoms with Crippen molar-refractivity contribution in [2.45, 2.75) is 39.7 Å². The van der Waals surface area contributed by atoms with Gasteiger partial charge in [-0.15, -0.1) is 11.3 Å². The van der Waals surface area contributed by atoms with Gasteiger partial charge in [0.1, 0.15) is 0 Å². The van der Waals surface area contributed by atoms with Gasteiger partial charge in [-0.2, -0.15) is 0 Å². The van der Waals surface area contributed by atoms with Crippen LogP contribution >= 0.6 is 22.9 Å². The molecule has 4 rings (SSSR count). The maximum absolute atomic E-state index is 12.4. The van der Waals surface area contributed by atoms with E-state index < -0.39 is 5.97 Å². The number of benzene rings is 3. The number of amides is 1. The third-order valence-electron chi connectivity index (χ3n) is 6.23. The summed E-state index contributed by atoms with van der Waals surface area (Å²) in [5, 5.41) is 15.0. The van der Waals surface area contributed by atoms with Gasteiger partial charge in [0.2, 0.25) is 0 Å². The number of aryl methyl sites for hydroxylation is 1. The molecule has 0 saturated heterocycles. The van der Waals surface area contributed by atoms with E-state index in [1.807, 2.05) is 41.8 Å². The predicted octanol–water partition coefficient (Wildman–Crippen LogP) is 7.44. The second kappa shape index (κ2) is 12.2. The first-order valence-corrected chi connectivity index (χ1v) is 13.7. The molecule has 0 aliphatic heterocycles. The highest BCUT2D eigenvalue weighted by atomic mass is 35.5. The number of aromatic nitrogens is 1. The van der Waals surface area contributed by atoms with E-state index >= 15 is 0 Å². The molecule has 8 heteroatoms. The first kappa shape index (κ1) is 27.4. The molecule has 0 aliphatic rings. The van der Waals surface area contributed by atoms with Gasteiger partial charge in [-0.25, -0.2) is 4.98 Å². The van der Waals surface area contributed by atoms with Gasteiger partial charge in [0.25, 0.3) is 5.91 Å². The molecular weight excluding hydrogens is 518 g/mol. The lowest BCUT2D eigenvalue weighted by Crippen LogP contribution is -2.26. The number of carboxylic acids is 1. The molecule has 0 saturated carbocycles. The fourth-order valence-corrected chi connectivity index (χ4v) is 5.20. The molecule has 1 aromatic heterocycles. The summed E-state index contributed by atoms with van der Waals surface area (Å²) in [6, 6.07) is 21.5. The number of nitrogens with one attached hydrogen (secondary N) is 1. The largest absolute Gasteiger partial charge is 0.481 e. The molecule has 1 amide bonds. The normalized spacial score (nSPS) is 11.0. The molecule has 38 heavy (non-hydrogen) atoms. The number of aliphatic carboxylic acids is 1. The van der Waals surface area contributed by atoms with Crippen LogP contribution in [0, 0.1) is 6.92 Å². The Labute approximate surface area is 231 Å². The molecule has 4 aromatic rings. The molecular formula is C30H30ClN3O3S. The summed E-state index contributed by atoms with van der Waals surface area (Å²) in [4.78, 5) is 30.2. The van der Waals surface area contributed by atoms with E-state index in [0.717, 1.165) is 27.6 Å². The van der Waals surface area contributed by atoms with E-state index in [-0.39, 0.29) is 18.9 Å². The molecule has 0 fully saturated rings. The molecule has 0 radical (unpaired) electrons.